The Morgan fingerprint density at radius 2 is 1.76 bits per heavy atom. The highest BCUT2D eigenvalue weighted by Gasteiger charge is 2.33. The number of aliphatic carboxylic acids is 1. The molecule has 1 atom stereocenters. The molecule has 0 rings (SSSR count). The predicted octanol–water partition coefficient (Wildman–Crippen LogP) is -0.591. The van der Waals surface area contributed by atoms with Gasteiger partial charge in [0, 0.05) is 12.8 Å². The maximum absolute atomic E-state index is 11.3. The van der Waals surface area contributed by atoms with Crippen molar-refractivity contribution in [1.29, 1.82) is 0 Å². The van der Waals surface area contributed by atoms with Crippen molar-refractivity contribution < 1.29 is 26.7 Å². The van der Waals surface area contributed by atoms with Gasteiger partial charge in [0.15, 0.2) is 14.9 Å². The van der Waals surface area contributed by atoms with E-state index in [1.165, 1.54) is 6.92 Å². The number of carboxylic acid groups (broad SMARTS) is 1. The molecule has 7 nitrogen and oxygen atoms in total. The average Bonchev–Trinajstić information content (AvgIpc) is 2.10. The quantitative estimate of drug-likeness (QED) is 0.646. The van der Waals surface area contributed by atoms with Gasteiger partial charge in [0.25, 0.3) is 0 Å². The van der Waals surface area contributed by atoms with Crippen LogP contribution in [0.3, 0.4) is 0 Å². The summed E-state index contributed by atoms with van der Waals surface area (Å²) in [6, 6.07) is 0. The van der Waals surface area contributed by atoms with Gasteiger partial charge in [-0.25, -0.2) is 21.6 Å². The van der Waals surface area contributed by atoms with Crippen LogP contribution in [0.5, 0.6) is 0 Å². The molecule has 0 aliphatic carbocycles. The summed E-state index contributed by atoms with van der Waals surface area (Å²) >= 11 is 0. The van der Waals surface area contributed by atoms with Crippen molar-refractivity contribution in [2.75, 3.05) is 17.9 Å². The van der Waals surface area contributed by atoms with Gasteiger partial charge in [0.05, 0.1) is 5.41 Å². The van der Waals surface area contributed by atoms with Gasteiger partial charge in [-0.1, -0.05) is 6.92 Å². The molecule has 0 amide bonds. The molecule has 0 aliphatic rings. The molecule has 0 aliphatic heterocycles. The summed E-state index contributed by atoms with van der Waals surface area (Å²) in [5.74, 6) is -1.14. The molecular weight excluding hydrogens is 270 g/mol. The maximum Gasteiger partial charge on any atom is 0.310 e. The third-order valence-electron chi connectivity index (χ3n) is 2.35. The molecule has 1 unspecified atom stereocenters. The summed E-state index contributed by atoms with van der Waals surface area (Å²) in [4.78, 5) is 10.9. The first-order valence-electron chi connectivity index (χ1n) is 4.80. The van der Waals surface area contributed by atoms with Crippen LogP contribution in [-0.4, -0.2) is 45.8 Å². The Morgan fingerprint density at radius 3 is 2.06 bits per heavy atom. The third kappa shape index (κ3) is 5.99. The normalized spacial score (nSPS) is 16.4. The summed E-state index contributed by atoms with van der Waals surface area (Å²) in [5, 5.41) is 7.87. The number of sulfonamides is 1. The number of carboxylic acids is 1. The number of carbonyl (C=O) groups is 1. The van der Waals surface area contributed by atoms with Gasteiger partial charge in [0.1, 0.15) is 0 Å². The van der Waals surface area contributed by atoms with E-state index in [1.54, 1.807) is 6.92 Å². The van der Waals surface area contributed by atoms with Crippen molar-refractivity contribution in [3.05, 3.63) is 0 Å². The fraction of sp³-hybridized carbons (Fsp3) is 0.875. The SMILES string of the molecule is CCC(C)(CNS(=O)(=O)CS(C)(=O)=O)C(=O)O. The van der Waals surface area contributed by atoms with Crippen LogP contribution in [0.4, 0.5) is 0 Å². The van der Waals surface area contributed by atoms with Crippen LogP contribution in [0.25, 0.3) is 0 Å². The third-order valence-corrected chi connectivity index (χ3v) is 5.89. The lowest BCUT2D eigenvalue weighted by molar-refractivity contribution is -0.147. The predicted molar refractivity (Wildman–Crippen MR) is 62.7 cm³/mol. The van der Waals surface area contributed by atoms with Crippen molar-refractivity contribution in [3.63, 3.8) is 0 Å². The first kappa shape index (κ1) is 16.3. The molecule has 0 aromatic heterocycles. The number of rotatable bonds is 7. The van der Waals surface area contributed by atoms with E-state index >= 15 is 0 Å². The van der Waals surface area contributed by atoms with Crippen molar-refractivity contribution in [3.8, 4) is 0 Å². The van der Waals surface area contributed by atoms with Gasteiger partial charge in [0.2, 0.25) is 10.0 Å². The van der Waals surface area contributed by atoms with Crippen LogP contribution >= 0.6 is 0 Å². The van der Waals surface area contributed by atoms with Crippen LogP contribution in [0.1, 0.15) is 20.3 Å². The number of nitrogens with one attached hydrogen (secondary N) is 1. The molecule has 0 saturated heterocycles. The van der Waals surface area contributed by atoms with E-state index in [-0.39, 0.29) is 13.0 Å². The zero-order chi connectivity index (χ0) is 13.9. The molecule has 102 valence electrons. The minimum absolute atomic E-state index is 0.226. The highest BCUT2D eigenvalue weighted by Crippen LogP contribution is 2.20. The summed E-state index contributed by atoms with van der Waals surface area (Å²) < 4.78 is 46.4. The minimum atomic E-state index is -4.02. The summed E-state index contributed by atoms with van der Waals surface area (Å²) in [5.41, 5.74) is -1.25. The first-order valence-corrected chi connectivity index (χ1v) is 8.51. The Bertz CT molecular complexity index is 480. The zero-order valence-corrected chi connectivity index (χ0v) is 11.6. The summed E-state index contributed by atoms with van der Waals surface area (Å²) in [6.07, 6.45) is 1.02. The Hall–Kier alpha value is -0.670. The lowest BCUT2D eigenvalue weighted by Gasteiger charge is -2.22. The van der Waals surface area contributed by atoms with E-state index in [2.05, 4.69) is 0 Å². The molecule has 9 heteroatoms. The first-order chi connectivity index (χ1) is 7.42. The van der Waals surface area contributed by atoms with Crippen molar-refractivity contribution in [2.24, 2.45) is 5.41 Å². The fourth-order valence-corrected chi connectivity index (χ4v) is 4.07. The Balaban J connectivity index is 4.73. The van der Waals surface area contributed by atoms with E-state index in [4.69, 9.17) is 5.11 Å². The average molecular weight is 287 g/mol. The molecule has 0 bridgehead atoms. The lowest BCUT2D eigenvalue weighted by atomic mass is 9.88. The van der Waals surface area contributed by atoms with Crippen LogP contribution in [0.2, 0.25) is 0 Å². The van der Waals surface area contributed by atoms with Crippen LogP contribution in [-0.2, 0) is 24.7 Å². The molecule has 2 N–H and O–H groups in total. The molecule has 0 radical (unpaired) electrons. The molecule has 0 aromatic carbocycles. The van der Waals surface area contributed by atoms with Crippen molar-refractivity contribution >= 4 is 25.8 Å². The number of hydrogen-bond donors (Lipinski definition) is 2. The molecule has 0 heterocycles. The maximum atomic E-state index is 11.3. The second-order valence-electron chi connectivity index (χ2n) is 4.20. The number of sulfone groups is 1. The second-order valence-corrected chi connectivity index (χ2v) is 8.51. The molecule has 0 saturated carbocycles. The second kappa shape index (κ2) is 5.32. The van der Waals surface area contributed by atoms with E-state index in [0.717, 1.165) is 6.26 Å². The summed E-state index contributed by atoms with van der Waals surface area (Å²) in [7, 11) is -7.69. The van der Waals surface area contributed by atoms with E-state index in [0.29, 0.717) is 0 Å². The standard InChI is InChI=1S/C8H17NO6S2/c1-4-8(2,7(10)11)5-9-17(14,15)6-16(3,12)13/h9H,4-6H2,1-3H3,(H,10,11). The van der Waals surface area contributed by atoms with Gasteiger partial charge >= 0.3 is 5.97 Å². The van der Waals surface area contributed by atoms with Gasteiger partial charge in [-0.15, -0.1) is 0 Å². The molecule has 17 heavy (non-hydrogen) atoms. The zero-order valence-electron chi connectivity index (χ0n) is 9.93. The van der Waals surface area contributed by atoms with Gasteiger partial charge in [-0.3, -0.25) is 4.79 Å². The Labute approximate surface area is 101 Å². The minimum Gasteiger partial charge on any atom is -0.481 e. The van der Waals surface area contributed by atoms with Gasteiger partial charge < -0.3 is 5.11 Å². The molecule has 0 fully saturated rings. The Morgan fingerprint density at radius 1 is 1.29 bits per heavy atom. The molecular formula is C8H17NO6S2. The highest BCUT2D eigenvalue weighted by molar-refractivity contribution is 8.06. The Kier molecular flexibility index (Phi) is 5.11. The fourth-order valence-electron chi connectivity index (χ4n) is 0.945. The smallest absolute Gasteiger partial charge is 0.310 e. The van der Waals surface area contributed by atoms with Gasteiger partial charge in [-0.05, 0) is 13.3 Å². The van der Waals surface area contributed by atoms with Crippen LogP contribution in [0, 0.1) is 5.41 Å². The summed E-state index contributed by atoms with van der Waals surface area (Å²) in [6.45, 7) is 2.66. The largest absolute Gasteiger partial charge is 0.481 e. The van der Waals surface area contributed by atoms with E-state index in [9.17, 15) is 21.6 Å². The van der Waals surface area contributed by atoms with Crippen LogP contribution < -0.4 is 4.72 Å². The topological polar surface area (TPSA) is 118 Å². The van der Waals surface area contributed by atoms with Gasteiger partial charge in [-0.2, -0.15) is 0 Å². The van der Waals surface area contributed by atoms with E-state index < -0.39 is 36.3 Å². The molecule has 0 aromatic rings. The van der Waals surface area contributed by atoms with Crippen molar-refractivity contribution in [2.45, 2.75) is 20.3 Å². The number of hydrogen-bond acceptors (Lipinski definition) is 5. The molecule has 0 spiro atoms. The monoisotopic (exact) mass is 287 g/mol. The lowest BCUT2D eigenvalue weighted by Crippen LogP contribution is -2.42. The van der Waals surface area contributed by atoms with Crippen molar-refractivity contribution in [1.82, 2.24) is 4.72 Å². The van der Waals surface area contributed by atoms with Crippen LogP contribution in [0.15, 0.2) is 0 Å². The van der Waals surface area contributed by atoms with E-state index in [1.807, 2.05) is 4.72 Å². The highest BCUT2D eigenvalue weighted by atomic mass is 32.3.